The van der Waals surface area contributed by atoms with Crippen LogP contribution < -0.4 is 0 Å². The van der Waals surface area contributed by atoms with E-state index in [4.69, 9.17) is 14.2 Å². The molecule has 0 bridgehead atoms. The molecule has 8 nitrogen and oxygen atoms in total. The molecule has 178 valence electrons. The molecule has 1 N–H and O–H groups in total. The number of carbonyl (C=O) groups is 2. The van der Waals surface area contributed by atoms with Crippen LogP contribution in [0.3, 0.4) is 0 Å². The second-order valence-electron chi connectivity index (χ2n) is 10.5. The van der Waals surface area contributed by atoms with Gasteiger partial charge in [0.05, 0.1) is 18.7 Å². The van der Waals surface area contributed by atoms with E-state index in [1.165, 1.54) is 0 Å². The van der Waals surface area contributed by atoms with Gasteiger partial charge in [0.1, 0.15) is 17.3 Å². The molecule has 0 aromatic heterocycles. The van der Waals surface area contributed by atoms with Crippen LogP contribution >= 0.6 is 0 Å². The lowest BCUT2D eigenvalue weighted by Gasteiger charge is -2.45. The molecule has 0 spiro atoms. The van der Waals surface area contributed by atoms with Crippen LogP contribution in [0.5, 0.6) is 0 Å². The molecular formula is C24H36N2O6. The second-order valence-corrected chi connectivity index (χ2v) is 10.5. The highest BCUT2D eigenvalue weighted by Gasteiger charge is 2.41. The predicted octanol–water partition coefficient (Wildman–Crippen LogP) is 3.87. The number of fused-ring (bicyclic) bond motifs is 1. The molecule has 2 heterocycles. The molecule has 3 atom stereocenters. The van der Waals surface area contributed by atoms with Crippen LogP contribution in [0.2, 0.25) is 0 Å². The third-order valence-corrected chi connectivity index (χ3v) is 5.48. The number of piperidine rings is 1. The molecule has 2 aliphatic rings. The number of ether oxygens (including phenoxy) is 3. The predicted molar refractivity (Wildman–Crippen MR) is 119 cm³/mol. The van der Waals surface area contributed by atoms with Crippen molar-refractivity contribution in [3.8, 4) is 0 Å². The molecule has 2 aliphatic heterocycles. The summed E-state index contributed by atoms with van der Waals surface area (Å²) < 4.78 is 16.6. The van der Waals surface area contributed by atoms with Crippen molar-refractivity contribution in [2.24, 2.45) is 0 Å². The van der Waals surface area contributed by atoms with Crippen molar-refractivity contribution in [1.82, 2.24) is 9.80 Å². The van der Waals surface area contributed by atoms with Gasteiger partial charge in [-0.2, -0.15) is 0 Å². The summed E-state index contributed by atoms with van der Waals surface area (Å²) in [6.45, 7) is 12.5. The Morgan fingerprint density at radius 2 is 1.66 bits per heavy atom. The Bertz CT molecular complexity index is 829. The first-order valence-electron chi connectivity index (χ1n) is 11.2. The molecule has 1 aromatic rings. The van der Waals surface area contributed by atoms with Gasteiger partial charge >= 0.3 is 12.2 Å². The van der Waals surface area contributed by atoms with Crippen molar-refractivity contribution in [3.63, 3.8) is 0 Å². The SMILES string of the molecule is CC(C)(C)OC(=O)O[C@@H]1CN(C(=O)OC(C)(C)C)CC[C@H]1N1Cc2ccccc2C(O)C1. The Labute approximate surface area is 190 Å². The summed E-state index contributed by atoms with van der Waals surface area (Å²) in [6, 6.07) is 7.66. The van der Waals surface area contributed by atoms with Crippen molar-refractivity contribution in [2.75, 3.05) is 19.6 Å². The summed E-state index contributed by atoms with van der Waals surface area (Å²) in [5.74, 6) is 0. The highest BCUT2D eigenvalue weighted by atomic mass is 16.7. The quantitative estimate of drug-likeness (QED) is 0.687. The van der Waals surface area contributed by atoms with Gasteiger partial charge < -0.3 is 24.2 Å². The van der Waals surface area contributed by atoms with Crippen molar-refractivity contribution >= 4 is 12.2 Å². The highest BCUT2D eigenvalue weighted by molar-refractivity contribution is 5.68. The number of likely N-dealkylation sites (tertiary alicyclic amines) is 1. The van der Waals surface area contributed by atoms with Gasteiger partial charge in [0.25, 0.3) is 0 Å². The largest absolute Gasteiger partial charge is 0.509 e. The molecule has 3 rings (SSSR count). The van der Waals surface area contributed by atoms with Gasteiger partial charge in [-0.25, -0.2) is 9.59 Å². The Hall–Kier alpha value is -2.32. The van der Waals surface area contributed by atoms with Gasteiger partial charge in [-0.05, 0) is 59.1 Å². The number of benzene rings is 1. The van der Waals surface area contributed by atoms with Crippen LogP contribution in [0.4, 0.5) is 9.59 Å². The van der Waals surface area contributed by atoms with Gasteiger partial charge in [0.15, 0.2) is 0 Å². The lowest BCUT2D eigenvalue weighted by molar-refractivity contribution is -0.0809. The van der Waals surface area contributed by atoms with E-state index in [-0.39, 0.29) is 12.6 Å². The fraction of sp³-hybridized carbons (Fsp3) is 0.667. The topological polar surface area (TPSA) is 88.5 Å². The lowest BCUT2D eigenvalue weighted by atomic mass is 9.92. The molecule has 0 saturated carbocycles. The number of nitrogens with zero attached hydrogens (tertiary/aromatic N) is 2. The fourth-order valence-electron chi connectivity index (χ4n) is 4.19. The third-order valence-electron chi connectivity index (χ3n) is 5.48. The first kappa shape index (κ1) is 24.3. The van der Waals surface area contributed by atoms with Crippen molar-refractivity contribution in [2.45, 2.75) is 84.0 Å². The summed E-state index contributed by atoms with van der Waals surface area (Å²) in [5.41, 5.74) is 0.680. The van der Waals surface area contributed by atoms with Gasteiger partial charge in [-0.1, -0.05) is 24.3 Å². The van der Waals surface area contributed by atoms with Crippen LogP contribution in [-0.2, 0) is 20.8 Å². The van der Waals surface area contributed by atoms with Crippen molar-refractivity contribution in [1.29, 1.82) is 0 Å². The maximum Gasteiger partial charge on any atom is 0.509 e. The summed E-state index contributed by atoms with van der Waals surface area (Å²) in [6.07, 6.45) is -1.84. The van der Waals surface area contributed by atoms with Crippen LogP contribution in [0.25, 0.3) is 0 Å². The minimum Gasteiger partial charge on any atom is -0.444 e. The number of amides is 1. The zero-order chi connectivity index (χ0) is 23.7. The molecule has 32 heavy (non-hydrogen) atoms. The lowest BCUT2D eigenvalue weighted by Crippen LogP contribution is -2.58. The van der Waals surface area contributed by atoms with Gasteiger partial charge in [-0.3, -0.25) is 4.90 Å². The van der Waals surface area contributed by atoms with Crippen LogP contribution in [-0.4, -0.2) is 70.1 Å². The maximum atomic E-state index is 12.7. The molecular weight excluding hydrogens is 412 g/mol. The van der Waals surface area contributed by atoms with E-state index in [0.29, 0.717) is 26.1 Å². The molecule has 1 aromatic carbocycles. The molecule has 0 aliphatic carbocycles. The Morgan fingerprint density at radius 1 is 1.00 bits per heavy atom. The maximum absolute atomic E-state index is 12.7. The minimum atomic E-state index is -0.767. The number of hydrogen-bond acceptors (Lipinski definition) is 7. The van der Waals surface area contributed by atoms with Crippen molar-refractivity contribution in [3.05, 3.63) is 35.4 Å². The molecule has 1 amide bonds. The number of aliphatic hydroxyl groups is 1. The molecule has 1 unspecified atom stereocenters. The van der Waals surface area contributed by atoms with E-state index in [1.54, 1.807) is 25.7 Å². The fourth-order valence-corrected chi connectivity index (χ4v) is 4.19. The van der Waals surface area contributed by atoms with E-state index in [9.17, 15) is 14.7 Å². The molecule has 1 fully saturated rings. The Morgan fingerprint density at radius 3 is 2.31 bits per heavy atom. The molecule has 1 saturated heterocycles. The smallest absolute Gasteiger partial charge is 0.444 e. The van der Waals surface area contributed by atoms with Gasteiger partial charge in [0, 0.05) is 19.6 Å². The van der Waals surface area contributed by atoms with Crippen LogP contribution in [0.15, 0.2) is 24.3 Å². The number of aliphatic hydroxyl groups excluding tert-OH is 1. The Balaban J connectivity index is 1.78. The van der Waals surface area contributed by atoms with E-state index in [2.05, 4.69) is 4.90 Å². The van der Waals surface area contributed by atoms with E-state index in [1.807, 2.05) is 45.0 Å². The summed E-state index contributed by atoms with van der Waals surface area (Å²) in [5, 5.41) is 10.7. The average molecular weight is 449 g/mol. The molecule has 8 heteroatoms. The zero-order valence-corrected chi connectivity index (χ0v) is 20.0. The van der Waals surface area contributed by atoms with Gasteiger partial charge in [0.2, 0.25) is 0 Å². The summed E-state index contributed by atoms with van der Waals surface area (Å²) >= 11 is 0. The van der Waals surface area contributed by atoms with E-state index < -0.39 is 35.7 Å². The Kier molecular flexibility index (Phi) is 7.05. The van der Waals surface area contributed by atoms with Crippen LogP contribution in [0.1, 0.15) is 65.2 Å². The first-order valence-corrected chi connectivity index (χ1v) is 11.2. The van der Waals surface area contributed by atoms with E-state index >= 15 is 0 Å². The average Bonchev–Trinajstić information content (AvgIpc) is 2.65. The number of hydrogen-bond donors (Lipinski definition) is 1. The number of carbonyl (C=O) groups excluding carboxylic acids is 2. The number of rotatable bonds is 2. The summed E-state index contributed by atoms with van der Waals surface area (Å²) in [7, 11) is 0. The van der Waals surface area contributed by atoms with Crippen molar-refractivity contribution < 1.29 is 28.9 Å². The summed E-state index contributed by atoms with van der Waals surface area (Å²) in [4.78, 5) is 28.8. The number of β-amino-alcohol motifs (C(OH)–C–C–N with tert-alkyl or cyclic N) is 1. The van der Waals surface area contributed by atoms with Crippen LogP contribution in [0, 0.1) is 0 Å². The minimum absolute atomic E-state index is 0.163. The first-order chi connectivity index (χ1) is 14.8. The molecule has 0 radical (unpaired) electrons. The monoisotopic (exact) mass is 448 g/mol. The third kappa shape index (κ3) is 6.36. The van der Waals surface area contributed by atoms with E-state index in [0.717, 1.165) is 11.1 Å². The second kappa shape index (κ2) is 9.27. The van der Waals surface area contributed by atoms with Gasteiger partial charge in [-0.15, -0.1) is 0 Å². The zero-order valence-electron chi connectivity index (χ0n) is 20.0. The standard InChI is InChI=1S/C24H36N2O6/c1-23(2,3)31-21(28)25-12-11-18(20(15-25)30-22(29)32-24(4,5)6)26-13-16-9-7-8-10-17(16)19(27)14-26/h7-10,18-20,27H,11-15H2,1-6H3/t18-,19?,20-/m1/s1. The highest BCUT2D eigenvalue weighted by Crippen LogP contribution is 2.31. The normalized spacial score (nSPS) is 24.5.